The zero-order valence-corrected chi connectivity index (χ0v) is 16.3. The summed E-state index contributed by atoms with van der Waals surface area (Å²) in [6.45, 7) is 8.09. The van der Waals surface area contributed by atoms with E-state index in [1.54, 1.807) is 6.20 Å². The molecule has 7 heteroatoms. The molecule has 4 rings (SSSR count). The second kappa shape index (κ2) is 7.03. The van der Waals surface area contributed by atoms with Gasteiger partial charge >= 0.3 is 0 Å². The van der Waals surface area contributed by atoms with E-state index in [4.69, 9.17) is 4.98 Å². The highest BCUT2D eigenvalue weighted by atomic mass is 16.3. The Balaban J connectivity index is 1.61. The van der Waals surface area contributed by atoms with Gasteiger partial charge in [0.05, 0.1) is 17.8 Å². The molecule has 0 amide bonds. The van der Waals surface area contributed by atoms with Crippen LogP contribution in [0.5, 0.6) is 0 Å². The SMILES string of the molecule is Cc1nccc(NC2CC(C)(C)Cc3nc(N4CCC(O)CC4)ncc32)n1. The van der Waals surface area contributed by atoms with Gasteiger partial charge in [-0.3, -0.25) is 0 Å². The Hall–Kier alpha value is -2.28. The van der Waals surface area contributed by atoms with Gasteiger partial charge in [0.15, 0.2) is 0 Å². The highest BCUT2D eigenvalue weighted by Gasteiger charge is 2.34. The summed E-state index contributed by atoms with van der Waals surface area (Å²) in [5.74, 6) is 2.38. The van der Waals surface area contributed by atoms with Crippen LogP contribution in [0.2, 0.25) is 0 Å². The summed E-state index contributed by atoms with van der Waals surface area (Å²) in [5, 5.41) is 13.3. The second-order valence-corrected chi connectivity index (χ2v) is 8.52. The highest BCUT2D eigenvalue weighted by molar-refractivity contribution is 5.42. The zero-order chi connectivity index (χ0) is 19.0. The lowest BCUT2D eigenvalue weighted by Crippen LogP contribution is -2.38. The Bertz CT molecular complexity index is 816. The van der Waals surface area contributed by atoms with Gasteiger partial charge < -0.3 is 15.3 Å². The molecule has 1 saturated heterocycles. The van der Waals surface area contributed by atoms with E-state index in [-0.39, 0.29) is 17.6 Å². The normalized spacial score (nSPS) is 22.4. The number of aliphatic hydroxyl groups is 1. The molecule has 3 heterocycles. The van der Waals surface area contributed by atoms with Gasteiger partial charge in [0, 0.05) is 31.0 Å². The number of fused-ring (bicyclic) bond motifs is 1. The first-order valence-electron chi connectivity index (χ1n) is 9.75. The number of aromatic nitrogens is 4. The number of hydrogen-bond donors (Lipinski definition) is 2. The van der Waals surface area contributed by atoms with Gasteiger partial charge in [-0.1, -0.05) is 13.8 Å². The molecule has 7 nitrogen and oxygen atoms in total. The second-order valence-electron chi connectivity index (χ2n) is 8.52. The molecule has 27 heavy (non-hydrogen) atoms. The molecule has 2 aromatic heterocycles. The third kappa shape index (κ3) is 4.03. The number of piperidine rings is 1. The van der Waals surface area contributed by atoms with Gasteiger partial charge in [-0.25, -0.2) is 19.9 Å². The number of hydrogen-bond acceptors (Lipinski definition) is 7. The topological polar surface area (TPSA) is 87.1 Å². The Kier molecular flexibility index (Phi) is 4.72. The average molecular weight is 368 g/mol. The summed E-state index contributed by atoms with van der Waals surface area (Å²) in [4.78, 5) is 20.4. The van der Waals surface area contributed by atoms with Gasteiger partial charge in [-0.2, -0.15) is 0 Å². The molecule has 0 saturated carbocycles. The minimum atomic E-state index is -0.192. The summed E-state index contributed by atoms with van der Waals surface area (Å²) in [7, 11) is 0. The van der Waals surface area contributed by atoms with Gasteiger partial charge in [0.2, 0.25) is 5.95 Å². The minimum Gasteiger partial charge on any atom is -0.393 e. The molecule has 1 atom stereocenters. The summed E-state index contributed by atoms with van der Waals surface area (Å²) in [5.41, 5.74) is 2.42. The van der Waals surface area contributed by atoms with Crippen molar-refractivity contribution in [3.8, 4) is 0 Å². The fraction of sp³-hybridized carbons (Fsp3) is 0.600. The van der Waals surface area contributed by atoms with Crippen LogP contribution in [-0.4, -0.2) is 44.2 Å². The van der Waals surface area contributed by atoms with Crippen LogP contribution >= 0.6 is 0 Å². The number of nitrogens with one attached hydrogen (secondary N) is 1. The lowest BCUT2D eigenvalue weighted by molar-refractivity contribution is 0.145. The summed E-state index contributed by atoms with van der Waals surface area (Å²) in [6.07, 6.45) is 7.07. The van der Waals surface area contributed by atoms with Crippen molar-refractivity contribution >= 4 is 11.8 Å². The van der Waals surface area contributed by atoms with Crippen LogP contribution in [0.25, 0.3) is 0 Å². The maximum atomic E-state index is 9.74. The van der Waals surface area contributed by atoms with Gasteiger partial charge in [-0.05, 0) is 44.1 Å². The van der Waals surface area contributed by atoms with Crippen molar-refractivity contribution in [1.29, 1.82) is 0 Å². The number of anilines is 2. The van der Waals surface area contributed by atoms with Gasteiger partial charge in [0.1, 0.15) is 11.6 Å². The van der Waals surface area contributed by atoms with Crippen LogP contribution in [0.3, 0.4) is 0 Å². The Morgan fingerprint density at radius 3 is 2.70 bits per heavy atom. The Morgan fingerprint density at radius 2 is 1.96 bits per heavy atom. The number of nitrogens with zero attached hydrogens (tertiary/aromatic N) is 5. The van der Waals surface area contributed by atoms with Gasteiger partial charge in [0.25, 0.3) is 0 Å². The van der Waals surface area contributed by atoms with Crippen LogP contribution in [0.1, 0.15) is 56.2 Å². The van der Waals surface area contributed by atoms with Crippen molar-refractivity contribution in [2.24, 2.45) is 5.41 Å². The van der Waals surface area contributed by atoms with E-state index in [0.29, 0.717) is 0 Å². The molecule has 0 bridgehead atoms. The van der Waals surface area contributed by atoms with Crippen molar-refractivity contribution in [2.45, 2.75) is 58.6 Å². The van der Waals surface area contributed by atoms with Crippen LogP contribution in [0, 0.1) is 12.3 Å². The first kappa shape index (κ1) is 18.1. The molecular formula is C20H28N6O. The fourth-order valence-corrected chi connectivity index (χ4v) is 4.10. The molecule has 0 radical (unpaired) electrons. The molecule has 0 spiro atoms. The van der Waals surface area contributed by atoms with E-state index in [9.17, 15) is 5.11 Å². The first-order valence-corrected chi connectivity index (χ1v) is 9.75. The predicted molar refractivity (Wildman–Crippen MR) is 105 cm³/mol. The highest BCUT2D eigenvalue weighted by Crippen LogP contribution is 2.41. The number of aryl methyl sites for hydroxylation is 1. The van der Waals surface area contributed by atoms with Crippen molar-refractivity contribution in [3.63, 3.8) is 0 Å². The standard InChI is InChI=1S/C20H28N6O/c1-13-21-7-4-18(23-13)24-16-10-20(2,3)11-17-15(16)12-22-19(25-17)26-8-5-14(27)6-9-26/h4,7,12,14,16,27H,5-6,8-11H2,1-3H3,(H,21,23,24). The monoisotopic (exact) mass is 368 g/mol. The molecule has 0 aromatic carbocycles. The van der Waals surface area contributed by atoms with Crippen LogP contribution in [0.15, 0.2) is 18.5 Å². The zero-order valence-electron chi connectivity index (χ0n) is 16.3. The van der Waals surface area contributed by atoms with E-state index < -0.39 is 0 Å². The molecule has 2 aliphatic rings. The molecule has 2 aromatic rings. The molecule has 1 fully saturated rings. The average Bonchev–Trinajstić information content (AvgIpc) is 2.61. The van der Waals surface area contributed by atoms with E-state index in [0.717, 1.165) is 67.6 Å². The first-order chi connectivity index (χ1) is 12.9. The van der Waals surface area contributed by atoms with E-state index in [1.807, 2.05) is 19.2 Å². The minimum absolute atomic E-state index is 0.135. The Morgan fingerprint density at radius 1 is 1.19 bits per heavy atom. The summed E-state index contributed by atoms with van der Waals surface area (Å²) < 4.78 is 0. The Labute approximate surface area is 160 Å². The van der Waals surface area contributed by atoms with Crippen molar-refractivity contribution in [2.75, 3.05) is 23.3 Å². The van der Waals surface area contributed by atoms with E-state index >= 15 is 0 Å². The van der Waals surface area contributed by atoms with Gasteiger partial charge in [-0.15, -0.1) is 0 Å². The summed E-state index contributed by atoms with van der Waals surface area (Å²) >= 11 is 0. The van der Waals surface area contributed by atoms with E-state index in [1.165, 1.54) is 0 Å². The lowest BCUT2D eigenvalue weighted by atomic mass is 9.74. The maximum Gasteiger partial charge on any atom is 0.225 e. The third-order valence-electron chi connectivity index (χ3n) is 5.51. The largest absolute Gasteiger partial charge is 0.393 e. The maximum absolute atomic E-state index is 9.74. The van der Waals surface area contributed by atoms with Crippen LogP contribution < -0.4 is 10.2 Å². The molecule has 2 N–H and O–H groups in total. The lowest BCUT2D eigenvalue weighted by Gasteiger charge is -2.37. The van der Waals surface area contributed by atoms with Crippen LogP contribution in [-0.2, 0) is 6.42 Å². The summed E-state index contributed by atoms with van der Waals surface area (Å²) in [6, 6.07) is 2.04. The van der Waals surface area contributed by atoms with Crippen molar-refractivity contribution < 1.29 is 5.11 Å². The number of rotatable bonds is 3. The fourth-order valence-electron chi connectivity index (χ4n) is 4.10. The van der Waals surface area contributed by atoms with Crippen molar-refractivity contribution in [3.05, 3.63) is 35.5 Å². The molecule has 1 aliphatic carbocycles. The third-order valence-corrected chi connectivity index (χ3v) is 5.51. The van der Waals surface area contributed by atoms with Crippen molar-refractivity contribution in [1.82, 2.24) is 19.9 Å². The van der Waals surface area contributed by atoms with Crippen LogP contribution in [0.4, 0.5) is 11.8 Å². The molecular weight excluding hydrogens is 340 g/mol. The molecule has 1 aliphatic heterocycles. The molecule has 1 unspecified atom stereocenters. The molecule has 144 valence electrons. The predicted octanol–water partition coefficient (Wildman–Crippen LogP) is 2.66. The smallest absolute Gasteiger partial charge is 0.225 e. The quantitative estimate of drug-likeness (QED) is 0.861. The van der Waals surface area contributed by atoms with E-state index in [2.05, 4.69) is 39.0 Å². The number of aliphatic hydroxyl groups excluding tert-OH is 1.